The second kappa shape index (κ2) is 9.45. The number of amidine groups is 1. The number of halogens is 1. The van der Waals surface area contributed by atoms with E-state index in [1.54, 1.807) is 12.1 Å². The van der Waals surface area contributed by atoms with Gasteiger partial charge in [-0.1, -0.05) is 35.1 Å². The van der Waals surface area contributed by atoms with Gasteiger partial charge in [0.15, 0.2) is 10.3 Å². The number of carbonyl (C=O) groups excluding carboxylic acids is 2. The highest BCUT2D eigenvalue weighted by atomic mass is 35.5. The van der Waals surface area contributed by atoms with Crippen LogP contribution in [0.25, 0.3) is 0 Å². The smallest absolute Gasteiger partial charge is 0.258 e. The first-order valence-electron chi connectivity index (χ1n) is 7.63. The van der Waals surface area contributed by atoms with E-state index < -0.39 is 5.91 Å². The zero-order valence-corrected chi connectivity index (χ0v) is 16.9. The summed E-state index contributed by atoms with van der Waals surface area (Å²) in [5.41, 5.74) is 0.329. The van der Waals surface area contributed by atoms with Crippen molar-refractivity contribution in [3.63, 3.8) is 0 Å². The molecule has 1 aromatic heterocycles. The first kappa shape index (κ1) is 20.0. The van der Waals surface area contributed by atoms with Crippen LogP contribution in [-0.2, 0) is 15.3 Å². The normalized spacial score (nSPS) is 15.1. The summed E-state index contributed by atoms with van der Waals surface area (Å²) in [5.74, 6) is 0.209. The molecule has 140 valence electrons. The molecule has 0 unspecified atom stereocenters. The summed E-state index contributed by atoms with van der Waals surface area (Å²) in [6, 6.07) is 8.82. The second-order valence-corrected chi connectivity index (χ2v) is 8.63. The molecule has 11 heteroatoms. The van der Waals surface area contributed by atoms with Crippen molar-refractivity contribution >= 4 is 63.9 Å². The second-order valence-electron chi connectivity index (χ2n) is 5.22. The van der Waals surface area contributed by atoms with E-state index in [-0.39, 0.29) is 23.0 Å². The molecule has 7 nitrogen and oxygen atoms in total. The average molecular weight is 441 g/mol. The quantitative estimate of drug-likeness (QED) is 0.525. The van der Waals surface area contributed by atoms with Crippen LogP contribution in [0.1, 0.15) is 5.69 Å². The van der Waals surface area contributed by atoms with Crippen LogP contribution >= 0.6 is 46.9 Å². The lowest BCUT2D eigenvalue weighted by atomic mass is 10.4. The molecule has 0 aliphatic carbocycles. The van der Waals surface area contributed by atoms with E-state index in [2.05, 4.69) is 20.3 Å². The summed E-state index contributed by atoms with van der Waals surface area (Å²) in [5, 5.41) is 3.82. The number of H-pyrrole nitrogens is 1. The van der Waals surface area contributed by atoms with Gasteiger partial charge >= 0.3 is 0 Å². The van der Waals surface area contributed by atoms with Crippen LogP contribution in [-0.4, -0.2) is 38.5 Å². The molecule has 0 atom stereocenters. The summed E-state index contributed by atoms with van der Waals surface area (Å²) >= 11 is 9.67. The highest BCUT2D eigenvalue weighted by Crippen LogP contribution is 2.24. The number of hydrogen-bond donors (Lipinski definition) is 2. The molecule has 0 spiro atoms. The molecule has 2 aromatic rings. The van der Waals surface area contributed by atoms with Gasteiger partial charge in [0.1, 0.15) is 0 Å². The van der Waals surface area contributed by atoms with E-state index in [4.69, 9.17) is 11.6 Å². The molecule has 1 aliphatic rings. The fraction of sp³-hybridized carbons (Fsp3) is 0.188. The van der Waals surface area contributed by atoms with Crippen molar-refractivity contribution in [2.24, 2.45) is 4.99 Å². The van der Waals surface area contributed by atoms with Crippen LogP contribution in [0, 0.1) is 0 Å². The molecule has 1 saturated heterocycles. The number of hydrogen-bond acceptors (Lipinski definition) is 7. The standard InChI is InChI=1S/C16H13ClN4O3S3/c17-9-1-3-11(4-2-9)25-6-10-5-12(22)19-15(18-10)26-7-13(23)20-16-21-14(24)8-27-16/h1-5H,6-8H2,(H,18,19,22)(H,20,21,23,24). The molecule has 2 heterocycles. The topological polar surface area (TPSA) is 104 Å². The van der Waals surface area contributed by atoms with Crippen molar-refractivity contribution < 1.29 is 9.59 Å². The Hall–Kier alpha value is -1.75. The van der Waals surface area contributed by atoms with Gasteiger partial charge in [0.25, 0.3) is 11.5 Å². The monoisotopic (exact) mass is 440 g/mol. The van der Waals surface area contributed by atoms with Gasteiger partial charge in [-0.3, -0.25) is 14.4 Å². The maximum absolute atomic E-state index is 11.9. The summed E-state index contributed by atoms with van der Waals surface area (Å²) < 4.78 is 0. The molecule has 2 amide bonds. The van der Waals surface area contributed by atoms with Gasteiger partial charge in [-0.25, -0.2) is 4.98 Å². The summed E-state index contributed by atoms with van der Waals surface area (Å²) in [7, 11) is 0. The van der Waals surface area contributed by atoms with Crippen molar-refractivity contribution in [3.8, 4) is 0 Å². The summed E-state index contributed by atoms with van der Waals surface area (Å²) in [6.07, 6.45) is 0. The highest BCUT2D eigenvalue weighted by molar-refractivity contribution is 8.15. The number of aliphatic imine (C=N–C) groups is 1. The minimum Gasteiger partial charge on any atom is -0.304 e. The van der Waals surface area contributed by atoms with Crippen LogP contribution < -0.4 is 10.9 Å². The lowest BCUT2D eigenvalue weighted by Gasteiger charge is -2.04. The number of nitrogens with one attached hydrogen (secondary N) is 2. The Morgan fingerprint density at radius 3 is 2.74 bits per heavy atom. The largest absolute Gasteiger partial charge is 0.304 e. The highest BCUT2D eigenvalue weighted by Gasteiger charge is 2.17. The molecule has 0 bridgehead atoms. The molecule has 1 aliphatic heterocycles. The number of aromatic nitrogens is 2. The Bertz CT molecular complexity index is 947. The lowest BCUT2D eigenvalue weighted by molar-refractivity contribution is -0.116. The molecule has 2 N–H and O–H groups in total. The van der Waals surface area contributed by atoms with Gasteiger partial charge < -0.3 is 10.3 Å². The molecule has 1 aromatic carbocycles. The maximum atomic E-state index is 11.9. The third kappa shape index (κ3) is 6.42. The third-order valence-corrected chi connectivity index (χ3v) is 6.15. The minimum atomic E-state index is -0.409. The Balaban J connectivity index is 1.58. The van der Waals surface area contributed by atoms with Gasteiger partial charge in [0.2, 0.25) is 5.91 Å². The summed E-state index contributed by atoms with van der Waals surface area (Å²) in [4.78, 5) is 46.6. The molecule has 0 saturated carbocycles. The zero-order chi connectivity index (χ0) is 19.2. The van der Waals surface area contributed by atoms with Gasteiger partial charge in [-0.15, -0.1) is 11.8 Å². The summed E-state index contributed by atoms with van der Waals surface area (Å²) in [6.45, 7) is 0. The molecule has 0 radical (unpaired) electrons. The van der Waals surface area contributed by atoms with Gasteiger partial charge in [0.05, 0.1) is 17.2 Å². The van der Waals surface area contributed by atoms with Crippen molar-refractivity contribution in [3.05, 3.63) is 51.4 Å². The molecule has 27 heavy (non-hydrogen) atoms. The Kier molecular flexibility index (Phi) is 7.00. The Morgan fingerprint density at radius 2 is 2.04 bits per heavy atom. The van der Waals surface area contributed by atoms with Gasteiger partial charge in [0, 0.05) is 21.7 Å². The predicted molar refractivity (Wildman–Crippen MR) is 110 cm³/mol. The molecule has 3 rings (SSSR count). The lowest BCUT2D eigenvalue weighted by Crippen LogP contribution is -2.21. The van der Waals surface area contributed by atoms with E-state index in [1.807, 2.05) is 12.1 Å². The van der Waals surface area contributed by atoms with E-state index >= 15 is 0 Å². The van der Waals surface area contributed by atoms with Crippen LogP contribution in [0.3, 0.4) is 0 Å². The number of carbonyl (C=O) groups is 2. The Morgan fingerprint density at radius 1 is 1.26 bits per heavy atom. The number of nitrogens with zero attached hydrogens (tertiary/aromatic N) is 2. The molecular weight excluding hydrogens is 428 g/mol. The number of rotatable bonds is 6. The molecular formula is C16H13ClN4O3S3. The first-order chi connectivity index (χ1) is 13.0. The van der Waals surface area contributed by atoms with E-state index in [9.17, 15) is 14.4 Å². The van der Waals surface area contributed by atoms with Gasteiger partial charge in [-0.05, 0) is 24.3 Å². The van der Waals surface area contributed by atoms with Crippen molar-refractivity contribution in [2.75, 3.05) is 11.5 Å². The predicted octanol–water partition coefficient (Wildman–Crippen LogP) is 2.55. The average Bonchev–Trinajstić information content (AvgIpc) is 3.04. The van der Waals surface area contributed by atoms with Crippen molar-refractivity contribution in [2.45, 2.75) is 15.8 Å². The number of thioether (sulfide) groups is 3. The van der Waals surface area contributed by atoms with Crippen molar-refractivity contribution in [1.29, 1.82) is 0 Å². The van der Waals surface area contributed by atoms with Crippen LogP contribution in [0.2, 0.25) is 5.02 Å². The van der Waals surface area contributed by atoms with E-state index in [0.29, 0.717) is 26.8 Å². The van der Waals surface area contributed by atoms with Crippen LogP contribution in [0.15, 0.2) is 50.2 Å². The number of aromatic amines is 1. The fourth-order valence-electron chi connectivity index (χ4n) is 1.98. The fourth-order valence-corrected chi connectivity index (χ4v) is 4.26. The first-order valence-corrected chi connectivity index (χ1v) is 11.0. The van der Waals surface area contributed by atoms with Crippen molar-refractivity contribution in [1.82, 2.24) is 15.3 Å². The van der Waals surface area contributed by atoms with E-state index in [0.717, 1.165) is 16.7 Å². The maximum Gasteiger partial charge on any atom is 0.258 e. The SMILES string of the molecule is O=C(CSc1nc(CSc2ccc(Cl)cc2)cc(=O)[nH]1)N=C1NC(=O)CS1. The molecule has 1 fully saturated rings. The van der Waals surface area contributed by atoms with Crippen LogP contribution in [0.4, 0.5) is 0 Å². The minimum absolute atomic E-state index is 0.0106. The number of benzene rings is 1. The van der Waals surface area contributed by atoms with E-state index in [1.165, 1.54) is 29.6 Å². The Labute approximate surface area is 172 Å². The zero-order valence-electron chi connectivity index (χ0n) is 13.7. The third-order valence-electron chi connectivity index (χ3n) is 3.12. The van der Waals surface area contributed by atoms with Gasteiger partial charge in [-0.2, -0.15) is 4.99 Å². The van der Waals surface area contributed by atoms with Crippen LogP contribution in [0.5, 0.6) is 0 Å². The number of amides is 2.